The number of nitrogens with zero attached hydrogens (tertiary/aromatic N) is 5. The molecule has 24 heavy (non-hydrogen) atoms. The average molecular weight is 384 g/mol. The summed E-state index contributed by atoms with van der Waals surface area (Å²) in [6, 6.07) is 11.5. The van der Waals surface area contributed by atoms with Crippen LogP contribution in [0, 0.1) is 0 Å². The van der Waals surface area contributed by atoms with E-state index in [1.165, 1.54) is 5.56 Å². The Bertz CT molecular complexity index is 905. The maximum Gasteiger partial charge on any atom is 0.279 e. The highest BCUT2D eigenvalue weighted by molar-refractivity contribution is 9.10. The molecule has 1 atom stereocenters. The first kappa shape index (κ1) is 15.0. The number of anilines is 1. The lowest BCUT2D eigenvalue weighted by molar-refractivity contribution is 0.0975. The second-order valence-corrected chi connectivity index (χ2v) is 6.65. The molecule has 1 amide bonds. The van der Waals surface area contributed by atoms with Gasteiger partial charge in [0.05, 0.1) is 10.7 Å². The topological polar surface area (TPSA) is 63.9 Å². The van der Waals surface area contributed by atoms with Gasteiger partial charge in [-0.05, 0) is 53.0 Å². The molecule has 7 heteroatoms. The summed E-state index contributed by atoms with van der Waals surface area (Å²) in [7, 11) is 0. The number of carbonyl (C=O) groups is 1. The van der Waals surface area contributed by atoms with Crippen LogP contribution < -0.4 is 4.90 Å². The van der Waals surface area contributed by atoms with Crippen molar-refractivity contribution in [2.75, 3.05) is 4.90 Å². The summed E-state index contributed by atoms with van der Waals surface area (Å²) >= 11 is 3.34. The summed E-state index contributed by atoms with van der Waals surface area (Å²) in [5.41, 5.74) is 2.47. The molecule has 4 rings (SSSR count). The van der Waals surface area contributed by atoms with Crippen LogP contribution in [0.1, 0.15) is 23.0 Å². The fourth-order valence-corrected chi connectivity index (χ4v) is 3.27. The van der Waals surface area contributed by atoms with Gasteiger partial charge < -0.3 is 4.90 Å². The first-order valence-electron chi connectivity index (χ1n) is 7.59. The predicted octanol–water partition coefficient (Wildman–Crippen LogP) is 3.02. The highest BCUT2D eigenvalue weighted by Gasteiger charge is 2.32. The van der Waals surface area contributed by atoms with Gasteiger partial charge >= 0.3 is 0 Å². The minimum absolute atomic E-state index is 0.110. The fraction of sp³-hybridized carbons (Fsp3) is 0.176. The van der Waals surface area contributed by atoms with Gasteiger partial charge in [0, 0.05) is 17.9 Å². The maximum atomic E-state index is 12.9. The van der Waals surface area contributed by atoms with Crippen molar-refractivity contribution in [3.8, 4) is 5.82 Å². The molecular formula is C17H14BrN5O. The molecule has 1 aromatic carbocycles. The Kier molecular flexibility index (Phi) is 3.65. The molecule has 0 fully saturated rings. The Morgan fingerprint density at radius 2 is 2.04 bits per heavy atom. The molecule has 2 aromatic heterocycles. The Morgan fingerprint density at radius 1 is 1.21 bits per heavy atom. The number of amides is 1. The molecule has 3 aromatic rings. The van der Waals surface area contributed by atoms with E-state index in [2.05, 4.69) is 37.3 Å². The largest absolute Gasteiger partial charge is 0.304 e. The summed E-state index contributed by atoms with van der Waals surface area (Å²) in [4.78, 5) is 14.7. The zero-order chi connectivity index (χ0) is 16.7. The van der Waals surface area contributed by atoms with Crippen LogP contribution in [0.2, 0.25) is 0 Å². The zero-order valence-corrected chi connectivity index (χ0v) is 14.5. The molecule has 0 spiro atoms. The first-order chi connectivity index (χ1) is 11.6. The van der Waals surface area contributed by atoms with E-state index in [1.807, 2.05) is 25.1 Å². The molecule has 0 saturated carbocycles. The van der Waals surface area contributed by atoms with Gasteiger partial charge in [0.2, 0.25) is 0 Å². The van der Waals surface area contributed by atoms with Crippen LogP contribution in [0.15, 0.2) is 53.3 Å². The molecule has 1 aliphatic heterocycles. The number of aromatic nitrogens is 4. The lowest BCUT2D eigenvalue weighted by Crippen LogP contribution is -2.36. The molecule has 0 aliphatic carbocycles. The van der Waals surface area contributed by atoms with Gasteiger partial charge in [0.15, 0.2) is 11.5 Å². The molecule has 0 N–H and O–H groups in total. The molecule has 0 bridgehead atoms. The molecule has 6 nitrogen and oxygen atoms in total. The van der Waals surface area contributed by atoms with Gasteiger partial charge in [-0.2, -0.15) is 5.10 Å². The van der Waals surface area contributed by atoms with E-state index in [9.17, 15) is 4.79 Å². The van der Waals surface area contributed by atoms with Crippen LogP contribution in [-0.4, -0.2) is 31.9 Å². The van der Waals surface area contributed by atoms with E-state index in [1.54, 1.807) is 34.1 Å². The van der Waals surface area contributed by atoms with Gasteiger partial charge in [0.1, 0.15) is 0 Å². The van der Waals surface area contributed by atoms with Crippen LogP contribution in [-0.2, 0) is 6.42 Å². The predicted molar refractivity (Wildman–Crippen MR) is 93.3 cm³/mol. The molecule has 0 radical (unpaired) electrons. The van der Waals surface area contributed by atoms with E-state index in [-0.39, 0.29) is 11.9 Å². The van der Waals surface area contributed by atoms with Crippen LogP contribution >= 0.6 is 15.9 Å². The number of para-hydroxylation sites is 1. The number of hydrogen-bond acceptors (Lipinski definition) is 4. The lowest BCUT2D eigenvalue weighted by Gasteiger charge is -2.22. The lowest BCUT2D eigenvalue weighted by atomic mass is 10.1. The Hall–Kier alpha value is -2.54. The monoisotopic (exact) mass is 383 g/mol. The smallest absolute Gasteiger partial charge is 0.279 e. The quantitative estimate of drug-likeness (QED) is 0.682. The summed E-state index contributed by atoms with van der Waals surface area (Å²) in [5.74, 6) is 0.431. The van der Waals surface area contributed by atoms with Gasteiger partial charge in [0.25, 0.3) is 5.91 Å². The van der Waals surface area contributed by atoms with E-state index in [0.29, 0.717) is 11.5 Å². The van der Waals surface area contributed by atoms with Crippen molar-refractivity contribution in [3.63, 3.8) is 0 Å². The zero-order valence-electron chi connectivity index (χ0n) is 12.9. The van der Waals surface area contributed by atoms with Crippen molar-refractivity contribution in [3.05, 3.63) is 64.5 Å². The Morgan fingerprint density at radius 3 is 2.75 bits per heavy atom. The second kappa shape index (κ2) is 5.83. The van der Waals surface area contributed by atoms with Gasteiger partial charge in [-0.15, -0.1) is 10.2 Å². The van der Waals surface area contributed by atoms with Gasteiger partial charge in [-0.25, -0.2) is 4.68 Å². The highest BCUT2D eigenvalue weighted by atomic mass is 79.9. The minimum Gasteiger partial charge on any atom is -0.304 e. The van der Waals surface area contributed by atoms with E-state index >= 15 is 0 Å². The van der Waals surface area contributed by atoms with Crippen molar-refractivity contribution in [1.82, 2.24) is 20.0 Å². The number of carbonyl (C=O) groups excluding carboxylic acids is 1. The van der Waals surface area contributed by atoms with Crippen molar-refractivity contribution >= 4 is 27.5 Å². The molecule has 3 heterocycles. The SMILES string of the molecule is CC1Cc2ccccc2N1C(=O)c1ccc(-n2cc(Br)cn2)nn1. The molecule has 1 unspecified atom stereocenters. The van der Waals surface area contributed by atoms with Crippen molar-refractivity contribution in [2.45, 2.75) is 19.4 Å². The maximum absolute atomic E-state index is 12.9. The van der Waals surface area contributed by atoms with Gasteiger partial charge in [-0.3, -0.25) is 4.79 Å². The minimum atomic E-state index is -0.131. The molecule has 120 valence electrons. The van der Waals surface area contributed by atoms with E-state index in [4.69, 9.17) is 0 Å². The normalized spacial score (nSPS) is 16.2. The highest BCUT2D eigenvalue weighted by Crippen LogP contribution is 2.32. The molecule has 1 aliphatic rings. The summed E-state index contributed by atoms with van der Waals surface area (Å²) in [6.45, 7) is 2.04. The number of benzene rings is 1. The van der Waals surface area contributed by atoms with E-state index in [0.717, 1.165) is 16.6 Å². The number of halogens is 1. The summed E-state index contributed by atoms with van der Waals surface area (Å²) in [5, 5.41) is 12.4. The third-order valence-electron chi connectivity index (χ3n) is 4.08. The molecule has 0 saturated heterocycles. The average Bonchev–Trinajstić information content (AvgIpc) is 3.17. The first-order valence-corrected chi connectivity index (χ1v) is 8.38. The standard InChI is InChI=1S/C17H14BrN5O/c1-11-8-12-4-2-3-5-15(12)23(11)17(24)14-6-7-16(21-20-14)22-10-13(18)9-19-22/h2-7,9-11H,8H2,1H3. The molecular weight excluding hydrogens is 370 g/mol. The third-order valence-corrected chi connectivity index (χ3v) is 4.49. The van der Waals surface area contributed by atoms with Crippen molar-refractivity contribution in [1.29, 1.82) is 0 Å². The van der Waals surface area contributed by atoms with Crippen LogP contribution in [0.5, 0.6) is 0 Å². The van der Waals surface area contributed by atoms with Crippen molar-refractivity contribution in [2.24, 2.45) is 0 Å². The Balaban J connectivity index is 1.63. The van der Waals surface area contributed by atoms with Crippen LogP contribution in [0.25, 0.3) is 5.82 Å². The van der Waals surface area contributed by atoms with Crippen LogP contribution in [0.3, 0.4) is 0 Å². The Labute approximate surface area is 147 Å². The van der Waals surface area contributed by atoms with E-state index < -0.39 is 0 Å². The third kappa shape index (κ3) is 2.50. The summed E-state index contributed by atoms with van der Waals surface area (Å²) < 4.78 is 2.45. The van der Waals surface area contributed by atoms with Crippen molar-refractivity contribution < 1.29 is 4.79 Å². The number of fused-ring (bicyclic) bond motifs is 1. The number of hydrogen-bond donors (Lipinski definition) is 0. The second-order valence-electron chi connectivity index (χ2n) is 5.74. The number of rotatable bonds is 2. The summed E-state index contributed by atoms with van der Waals surface area (Å²) in [6.07, 6.45) is 4.31. The van der Waals surface area contributed by atoms with Crippen LogP contribution in [0.4, 0.5) is 5.69 Å². The fourth-order valence-electron chi connectivity index (χ4n) is 2.99. The van der Waals surface area contributed by atoms with Gasteiger partial charge in [-0.1, -0.05) is 18.2 Å².